The molecular weight excluding hydrogens is 386 g/mol. The van der Waals surface area contributed by atoms with E-state index in [1.807, 2.05) is 19.1 Å². The standard InChI is InChI=1S/C23H19NO4S/c1-16-10-12-17(13-11-16)23(25)22-15-24(18-6-5-7-19(14-18)28-2)20-8-3-4-9-21(20)29(22,26)27/h3-15H,1-2H3. The summed E-state index contributed by atoms with van der Waals surface area (Å²) in [6.07, 6.45) is 1.40. The lowest BCUT2D eigenvalue weighted by Gasteiger charge is -2.29. The Labute approximate surface area is 169 Å². The third-order valence-corrected chi connectivity index (χ3v) is 6.61. The number of aryl methyl sites for hydroxylation is 1. The molecule has 4 rings (SSSR count). The zero-order valence-corrected chi connectivity index (χ0v) is 16.8. The average molecular weight is 405 g/mol. The lowest BCUT2D eigenvalue weighted by Crippen LogP contribution is -2.25. The molecule has 0 saturated heterocycles. The van der Waals surface area contributed by atoms with Gasteiger partial charge in [0, 0.05) is 23.5 Å². The van der Waals surface area contributed by atoms with Gasteiger partial charge in [0.15, 0.2) is 0 Å². The van der Waals surface area contributed by atoms with Gasteiger partial charge in [-0.3, -0.25) is 4.79 Å². The Kier molecular flexibility index (Phi) is 4.72. The monoisotopic (exact) mass is 405 g/mol. The molecule has 0 N–H and O–H groups in total. The maximum absolute atomic E-state index is 13.2. The Morgan fingerprint density at radius 1 is 0.931 bits per heavy atom. The molecule has 0 aliphatic carbocycles. The number of hydrogen-bond donors (Lipinski definition) is 0. The first-order valence-corrected chi connectivity index (χ1v) is 10.5. The number of nitrogens with zero attached hydrogens (tertiary/aromatic N) is 1. The highest BCUT2D eigenvalue weighted by molar-refractivity contribution is 7.96. The molecular formula is C23H19NO4S. The molecule has 0 radical (unpaired) electrons. The zero-order chi connectivity index (χ0) is 20.6. The first kappa shape index (κ1) is 19.0. The van der Waals surface area contributed by atoms with E-state index in [1.165, 1.54) is 12.3 Å². The van der Waals surface area contributed by atoms with Crippen LogP contribution in [0.15, 0.2) is 88.8 Å². The van der Waals surface area contributed by atoms with E-state index in [0.717, 1.165) is 5.56 Å². The van der Waals surface area contributed by atoms with E-state index >= 15 is 0 Å². The van der Waals surface area contributed by atoms with Crippen LogP contribution >= 0.6 is 0 Å². The van der Waals surface area contributed by atoms with E-state index in [1.54, 1.807) is 66.6 Å². The lowest BCUT2D eigenvalue weighted by atomic mass is 10.1. The second kappa shape index (κ2) is 7.22. The number of carbonyl (C=O) groups is 1. The molecule has 146 valence electrons. The van der Waals surface area contributed by atoms with E-state index in [0.29, 0.717) is 22.7 Å². The smallest absolute Gasteiger partial charge is 0.214 e. The van der Waals surface area contributed by atoms with Crippen molar-refractivity contribution in [3.8, 4) is 5.75 Å². The van der Waals surface area contributed by atoms with Gasteiger partial charge in [0.05, 0.1) is 17.7 Å². The van der Waals surface area contributed by atoms with Crippen molar-refractivity contribution < 1.29 is 17.9 Å². The molecule has 0 bridgehead atoms. The Morgan fingerprint density at radius 2 is 1.66 bits per heavy atom. The third kappa shape index (κ3) is 3.32. The Bertz CT molecular complexity index is 1230. The molecule has 1 aliphatic heterocycles. The van der Waals surface area contributed by atoms with Crippen LogP contribution in [0.1, 0.15) is 15.9 Å². The minimum atomic E-state index is -3.96. The summed E-state index contributed by atoms with van der Waals surface area (Å²) in [5.74, 6) is 0.0978. The SMILES string of the molecule is COc1cccc(N2C=C(C(=O)c3ccc(C)cc3)S(=O)(=O)c3ccccc32)c1. The number of sulfone groups is 1. The summed E-state index contributed by atoms with van der Waals surface area (Å²) in [5.41, 5.74) is 2.50. The number of ketones is 1. The van der Waals surface area contributed by atoms with Crippen LogP contribution in [-0.2, 0) is 9.84 Å². The number of ether oxygens (including phenoxy) is 1. The van der Waals surface area contributed by atoms with Crippen LogP contribution in [0.3, 0.4) is 0 Å². The molecule has 0 spiro atoms. The van der Waals surface area contributed by atoms with E-state index in [-0.39, 0.29) is 9.80 Å². The van der Waals surface area contributed by atoms with Crippen LogP contribution in [0.5, 0.6) is 5.75 Å². The fourth-order valence-corrected chi connectivity index (χ4v) is 4.80. The largest absolute Gasteiger partial charge is 0.497 e. The van der Waals surface area contributed by atoms with Gasteiger partial charge in [0.25, 0.3) is 0 Å². The van der Waals surface area contributed by atoms with Crippen molar-refractivity contribution in [2.45, 2.75) is 11.8 Å². The average Bonchev–Trinajstić information content (AvgIpc) is 2.74. The second-order valence-corrected chi connectivity index (χ2v) is 8.62. The van der Waals surface area contributed by atoms with Gasteiger partial charge in [-0.1, -0.05) is 48.0 Å². The minimum absolute atomic E-state index is 0.0979. The highest BCUT2D eigenvalue weighted by atomic mass is 32.2. The number of para-hydroxylation sites is 1. The summed E-state index contributed by atoms with van der Waals surface area (Å²) in [4.78, 5) is 14.7. The fourth-order valence-electron chi connectivity index (χ4n) is 3.26. The van der Waals surface area contributed by atoms with Gasteiger partial charge < -0.3 is 9.64 Å². The van der Waals surface area contributed by atoms with Gasteiger partial charge >= 0.3 is 0 Å². The van der Waals surface area contributed by atoms with E-state index in [4.69, 9.17) is 4.74 Å². The number of benzene rings is 3. The summed E-state index contributed by atoms with van der Waals surface area (Å²) in [6.45, 7) is 1.91. The number of anilines is 2. The number of methoxy groups -OCH3 is 1. The third-order valence-electron chi connectivity index (χ3n) is 4.82. The second-order valence-electron chi connectivity index (χ2n) is 6.73. The zero-order valence-electron chi connectivity index (χ0n) is 16.0. The predicted octanol–water partition coefficient (Wildman–Crippen LogP) is 4.65. The van der Waals surface area contributed by atoms with E-state index in [9.17, 15) is 13.2 Å². The Balaban J connectivity index is 1.91. The van der Waals surface area contributed by atoms with Crippen molar-refractivity contribution in [3.63, 3.8) is 0 Å². The molecule has 0 aromatic heterocycles. The van der Waals surface area contributed by atoms with Crippen LogP contribution in [0, 0.1) is 6.92 Å². The summed E-state index contributed by atoms with van der Waals surface area (Å²) in [5, 5.41) is 0. The Hall–Kier alpha value is -3.38. The molecule has 0 saturated carbocycles. The van der Waals surface area contributed by atoms with Crippen molar-refractivity contribution in [1.29, 1.82) is 0 Å². The predicted molar refractivity (Wildman–Crippen MR) is 112 cm³/mol. The maximum atomic E-state index is 13.2. The number of carbonyl (C=O) groups excluding carboxylic acids is 1. The number of fused-ring (bicyclic) bond motifs is 1. The van der Waals surface area contributed by atoms with Crippen molar-refractivity contribution in [2.75, 3.05) is 12.0 Å². The molecule has 0 atom stereocenters. The van der Waals surface area contributed by atoms with Gasteiger partial charge in [0.2, 0.25) is 15.6 Å². The molecule has 3 aromatic rings. The quantitative estimate of drug-likeness (QED) is 0.591. The highest BCUT2D eigenvalue weighted by Gasteiger charge is 2.36. The van der Waals surface area contributed by atoms with Crippen molar-refractivity contribution >= 4 is 27.0 Å². The molecule has 0 fully saturated rings. The highest BCUT2D eigenvalue weighted by Crippen LogP contribution is 2.40. The molecule has 0 unspecified atom stereocenters. The van der Waals surface area contributed by atoms with Crippen LogP contribution < -0.4 is 9.64 Å². The topological polar surface area (TPSA) is 63.7 Å². The van der Waals surface area contributed by atoms with Gasteiger partial charge in [0.1, 0.15) is 10.7 Å². The number of hydrogen-bond acceptors (Lipinski definition) is 5. The summed E-state index contributed by atoms with van der Waals surface area (Å²) < 4.78 is 31.8. The minimum Gasteiger partial charge on any atom is -0.497 e. The molecule has 29 heavy (non-hydrogen) atoms. The molecule has 5 nitrogen and oxygen atoms in total. The van der Waals surface area contributed by atoms with Crippen LogP contribution in [-0.4, -0.2) is 21.3 Å². The molecule has 3 aromatic carbocycles. The first-order chi connectivity index (χ1) is 13.9. The van der Waals surface area contributed by atoms with Crippen LogP contribution in [0.4, 0.5) is 11.4 Å². The fraction of sp³-hybridized carbons (Fsp3) is 0.0870. The van der Waals surface area contributed by atoms with Crippen molar-refractivity contribution in [3.05, 3.63) is 95.0 Å². The van der Waals surface area contributed by atoms with Crippen LogP contribution in [0.25, 0.3) is 0 Å². The lowest BCUT2D eigenvalue weighted by molar-refractivity contribution is 0.104. The first-order valence-electron chi connectivity index (χ1n) is 9.02. The number of allylic oxidation sites excluding steroid dienone is 1. The molecule has 1 heterocycles. The molecule has 0 amide bonds. The molecule has 6 heteroatoms. The van der Waals surface area contributed by atoms with Gasteiger partial charge in [-0.05, 0) is 31.2 Å². The summed E-state index contributed by atoms with van der Waals surface area (Å²) >= 11 is 0. The van der Waals surface area contributed by atoms with Crippen LogP contribution in [0.2, 0.25) is 0 Å². The van der Waals surface area contributed by atoms with Gasteiger partial charge in [-0.25, -0.2) is 8.42 Å². The summed E-state index contributed by atoms with van der Waals surface area (Å²) in [6, 6.07) is 20.8. The maximum Gasteiger partial charge on any atom is 0.214 e. The number of rotatable bonds is 4. The number of Topliss-reactive ketones (excluding diaryl/α,β-unsaturated/α-hetero) is 1. The summed E-state index contributed by atoms with van der Waals surface area (Å²) in [7, 11) is -2.39. The van der Waals surface area contributed by atoms with Gasteiger partial charge in [-0.2, -0.15) is 0 Å². The normalized spacial score (nSPS) is 14.7. The van der Waals surface area contributed by atoms with Crippen molar-refractivity contribution in [1.82, 2.24) is 0 Å². The molecule has 1 aliphatic rings. The van der Waals surface area contributed by atoms with E-state index in [2.05, 4.69) is 0 Å². The van der Waals surface area contributed by atoms with E-state index < -0.39 is 15.6 Å². The Morgan fingerprint density at radius 3 is 2.38 bits per heavy atom. The van der Waals surface area contributed by atoms with Gasteiger partial charge in [-0.15, -0.1) is 0 Å². The van der Waals surface area contributed by atoms with Crippen molar-refractivity contribution in [2.24, 2.45) is 0 Å².